The first-order valence-corrected chi connectivity index (χ1v) is 7.74. The Morgan fingerprint density at radius 2 is 2.21 bits per heavy atom. The highest BCUT2D eigenvalue weighted by molar-refractivity contribution is 7.16. The van der Waals surface area contributed by atoms with Gasteiger partial charge >= 0.3 is 6.03 Å². The number of aryl methyl sites for hydroxylation is 1. The van der Waals surface area contributed by atoms with Crippen LogP contribution in [0.4, 0.5) is 9.80 Å². The topological polar surface area (TPSA) is 61.4 Å². The first-order chi connectivity index (χ1) is 9.17. The molecule has 3 N–H and O–H groups in total. The van der Waals surface area contributed by atoms with Gasteiger partial charge in [0.25, 0.3) is 0 Å². The van der Waals surface area contributed by atoms with E-state index in [1.54, 1.807) is 11.3 Å². The summed E-state index contributed by atoms with van der Waals surface area (Å²) in [4.78, 5) is 13.2. The molecule has 1 aromatic rings. The molecule has 2 saturated carbocycles. The molecule has 0 aromatic carbocycles. The van der Waals surface area contributed by atoms with Crippen LogP contribution in [0, 0.1) is 24.7 Å². The molecule has 0 aliphatic heterocycles. The molecule has 4 atom stereocenters. The van der Waals surface area contributed by atoms with Crippen LogP contribution in [0.5, 0.6) is 0 Å². The van der Waals surface area contributed by atoms with Gasteiger partial charge in [0, 0.05) is 23.4 Å². The van der Waals surface area contributed by atoms with E-state index < -0.39 is 0 Å². The number of aliphatic hydroxyl groups excluding tert-OH is 1. The maximum atomic E-state index is 12.0. The van der Waals surface area contributed by atoms with E-state index in [1.165, 1.54) is 17.7 Å². The number of carbonyl (C=O) groups is 1. The summed E-state index contributed by atoms with van der Waals surface area (Å²) >= 11 is 1.57. The number of thiophene rings is 1. The van der Waals surface area contributed by atoms with Gasteiger partial charge in [-0.15, -0.1) is 11.3 Å². The Bertz CT molecular complexity index is 474. The Labute approximate surface area is 117 Å². The summed E-state index contributed by atoms with van der Waals surface area (Å²) in [6, 6.07) is 3.92. The zero-order valence-corrected chi connectivity index (χ0v) is 11.9. The fourth-order valence-electron chi connectivity index (χ4n) is 3.70. The molecule has 2 bridgehead atoms. The number of urea groups is 1. The molecule has 0 unspecified atom stereocenters. The van der Waals surface area contributed by atoms with Crippen LogP contribution in [-0.2, 0) is 0 Å². The number of carbonyl (C=O) groups excluding carboxylic acids is 1. The largest absolute Gasteiger partial charge is 0.396 e. The van der Waals surface area contributed by atoms with E-state index in [4.69, 9.17) is 0 Å². The van der Waals surface area contributed by atoms with Crippen molar-refractivity contribution in [3.05, 3.63) is 17.0 Å². The summed E-state index contributed by atoms with van der Waals surface area (Å²) in [5.41, 5.74) is 0. The number of hydrogen-bond acceptors (Lipinski definition) is 3. The average molecular weight is 280 g/mol. The van der Waals surface area contributed by atoms with E-state index >= 15 is 0 Å². The first kappa shape index (κ1) is 12.9. The van der Waals surface area contributed by atoms with Crippen molar-refractivity contribution in [2.24, 2.45) is 17.8 Å². The van der Waals surface area contributed by atoms with Gasteiger partial charge in [0.15, 0.2) is 0 Å². The van der Waals surface area contributed by atoms with Gasteiger partial charge in [-0.3, -0.25) is 5.32 Å². The van der Waals surface area contributed by atoms with Gasteiger partial charge in [0.1, 0.15) is 0 Å². The zero-order valence-electron chi connectivity index (χ0n) is 11.1. The molecule has 19 heavy (non-hydrogen) atoms. The summed E-state index contributed by atoms with van der Waals surface area (Å²) in [6.45, 7) is 2.20. The second-order valence-corrected chi connectivity index (χ2v) is 7.00. The maximum absolute atomic E-state index is 12.0. The SMILES string of the molecule is Cc1ccc(NC(=O)N[C@@H]2[C@H]3CC[C@@H](C3)[C@H]2CO)s1. The normalized spacial score (nSPS) is 32.5. The van der Waals surface area contributed by atoms with Crippen LogP contribution in [-0.4, -0.2) is 23.8 Å². The van der Waals surface area contributed by atoms with Gasteiger partial charge in [0.2, 0.25) is 0 Å². The van der Waals surface area contributed by atoms with Gasteiger partial charge in [-0.1, -0.05) is 0 Å². The number of amides is 2. The molecule has 2 fully saturated rings. The van der Waals surface area contributed by atoms with E-state index in [0.29, 0.717) is 11.8 Å². The van der Waals surface area contributed by atoms with Gasteiger partial charge in [-0.2, -0.15) is 0 Å². The summed E-state index contributed by atoms with van der Waals surface area (Å²) < 4.78 is 0. The molecule has 2 aliphatic rings. The molecular weight excluding hydrogens is 260 g/mol. The third kappa shape index (κ3) is 2.49. The van der Waals surface area contributed by atoms with Crippen molar-refractivity contribution >= 4 is 22.4 Å². The van der Waals surface area contributed by atoms with E-state index in [0.717, 1.165) is 11.4 Å². The monoisotopic (exact) mass is 280 g/mol. The minimum absolute atomic E-state index is 0.141. The van der Waals surface area contributed by atoms with Crippen molar-refractivity contribution in [2.45, 2.75) is 32.2 Å². The molecule has 4 nitrogen and oxygen atoms in total. The van der Waals surface area contributed by atoms with Crippen molar-refractivity contribution in [3.63, 3.8) is 0 Å². The molecule has 0 spiro atoms. The lowest BCUT2D eigenvalue weighted by atomic mass is 9.85. The van der Waals surface area contributed by atoms with Crippen molar-refractivity contribution in [1.82, 2.24) is 5.32 Å². The van der Waals surface area contributed by atoms with E-state index in [1.807, 2.05) is 19.1 Å². The Morgan fingerprint density at radius 1 is 1.42 bits per heavy atom. The Balaban J connectivity index is 1.60. The molecule has 2 amide bonds. The van der Waals surface area contributed by atoms with Gasteiger partial charge in [0.05, 0.1) is 5.00 Å². The molecule has 104 valence electrons. The van der Waals surface area contributed by atoms with Crippen LogP contribution in [0.15, 0.2) is 12.1 Å². The van der Waals surface area contributed by atoms with Crippen LogP contribution >= 0.6 is 11.3 Å². The summed E-state index contributed by atoms with van der Waals surface area (Å²) in [5.74, 6) is 1.40. The highest BCUT2D eigenvalue weighted by Gasteiger charge is 2.47. The van der Waals surface area contributed by atoms with Crippen molar-refractivity contribution in [2.75, 3.05) is 11.9 Å². The van der Waals surface area contributed by atoms with Gasteiger partial charge in [-0.25, -0.2) is 4.79 Å². The predicted octanol–water partition coefficient (Wildman–Crippen LogP) is 2.59. The second-order valence-electron chi connectivity index (χ2n) is 5.71. The van der Waals surface area contributed by atoms with Gasteiger partial charge < -0.3 is 10.4 Å². The van der Waals surface area contributed by atoms with E-state index in [2.05, 4.69) is 10.6 Å². The first-order valence-electron chi connectivity index (χ1n) is 6.92. The Kier molecular flexibility index (Phi) is 3.50. The van der Waals surface area contributed by atoms with Crippen LogP contribution < -0.4 is 10.6 Å². The van der Waals surface area contributed by atoms with Crippen molar-refractivity contribution < 1.29 is 9.90 Å². The zero-order chi connectivity index (χ0) is 13.4. The number of rotatable bonds is 3. The lowest BCUT2D eigenvalue weighted by Gasteiger charge is -2.30. The number of hydrogen-bond donors (Lipinski definition) is 3. The minimum Gasteiger partial charge on any atom is -0.396 e. The van der Waals surface area contributed by atoms with Crippen molar-refractivity contribution in [3.8, 4) is 0 Å². The highest BCUT2D eigenvalue weighted by Crippen LogP contribution is 2.48. The van der Waals surface area contributed by atoms with Crippen LogP contribution in [0.25, 0.3) is 0 Å². The van der Waals surface area contributed by atoms with Gasteiger partial charge in [-0.05, 0) is 50.2 Å². The van der Waals surface area contributed by atoms with Crippen LogP contribution in [0.2, 0.25) is 0 Å². The highest BCUT2D eigenvalue weighted by atomic mass is 32.1. The quantitative estimate of drug-likeness (QED) is 0.797. The van der Waals surface area contributed by atoms with Crippen LogP contribution in [0.1, 0.15) is 24.1 Å². The molecule has 3 rings (SSSR count). The average Bonchev–Trinajstić information content (AvgIpc) is 3.05. The molecule has 0 saturated heterocycles. The number of fused-ring (bicyclic) bond motifs is 2. The molecule has 2 aliphatic carbocycles. The third-order valence-corrected chi connectivity index (χ3v) is 5.49. The van der Waals surface area contributed by atoms with Crippen LogP contribution in [0.3, 0.4) is 0 Å². The Hall–Kier alpha value is -1.07. The fraction of sp³-hybridized carbons (Fsp3) is 0.643. The molecular formula is C14H20N2O2S. The summed E-state index contributed by atoms with van der Waals surface area (Å²) in [6.07, 6.45) is 3.55. The second kappa shape index (κ2) is 5.13. The fourth-order valence-corrected chi connectivity index (χ4v) is 4.46. The standard InChI is InChI=1S/C14H20N2O2S/c1-8-2-5-12(19-8)15-14(18)16-13-10-4-3-9(6-10)11(13)7-17/h2,5,9-11,13,17H,3-4,6-7H2,1H3,(H2,15,16,18)/t9-,10-,11+,13+/m0/s1. The van der Waals surface area contributed by atoms with E-state index in [-0.39, 0.29) is 24.6 Å². The third-order valence-electron chi connectivity index (χ3n) is 4.57. The minimum atomic E-state index is -0.141. The number of anilines is 1. The lowest BCUT2D eigenvalue weighted by Crippen LogP contribution is -2.46. The van der Waals surface area contributed by atoms with Crippen molar-refractivity contribution in [1.29, 1.82) is 0 Å². The smallest absolute Gasteiger partial charge is 0.320 e. The Morgan fingerprint density at radius 3 is 2.89 bits per heavy atom. The molecule has 1 aromatic heterocycles. The molecule has 5 heteroatoms. The number of nitrogens with one attached hydrogen (secondary N) is 2. The molecule has 1 heterocycles. The molecule has 0 radical (unpaired) electrons. The predicted molar refractivity (Wildman–Crippen MR) is 76.4 cm³/mol. The maximum Gasteiger partial charge on any atom is 0.320 e. The van der Waals surface area contributed by atoms with E-state index in [9.17, 15) is 9.90 Å². The lowest BCUT2D eigenvalue weighted by molar-refractivity contribution is 0.146. The number of aliphatic hydroxyl groups is 1. The summed E-state index contributed by atoms with van der Waals surface area (Å²) in [7, 11) is 0. The summed E-state index contributed by atoms with van der Waals surface area (Å²) in [5, 5.41) is 16.3.